The van der Waals surface area contributed by atoms with E-state index in [1.807, 2.05) is 11.8 Å². The monoisotopic (exact) mass is 272 g/mol. The van der Waals surface area contributed by atoms with E-state index in [-0.39, 0.29) is 5.41 Å². The van der Waals surface area contributed by atoms with E-state index in [2.05, 4.69) is 16.8 Å². The van der Waals surface area contributed by atoms with Crippen LogP contribution in [-0.2, 0) is 4.79 Å². The fraction of sp³-hybridized carbons (Fsp3) is 0.923. The largest absolute Gasteiger partial charge is 0.481 e. The molecule has 18 heavy (non-hydrogen) atoms. The average Bonchev–Trinajstić information content (AvgIpc) is 3.06. The fourth-order valence-electron chi connectivity index (χ4n) is 2.42. The molecule has 0 aromatic heterocycles. The summed E-state index contributed by atoms with van der Waals surface area (Å²) in [5.41, 5.74) is 0.151. The molecule has 0 atom stereocenters. The minimum atomic E-state index is -0.632. The van der Waals surface area contributed by atoms with Gasteiger partial charge in [-0.3, -0.25) is 9.69 Å². The van der Waals surface area contributed by atoms with Crippen molar-refractivity contribution < 1.29 is 9.90 Å². The lowest BCUT2D eigenvalue weighted by atomic mass is 10.1. The second kappa shape index (κ2) is 6.26. The molecule has 1 N–H and O–H groups in total. The van der Waals surface area contributed by atoms with E-state index in [1.54, 1.807) is 0 Å². The molecule has 1 heterocycles. The van der Waals surface area contributed by atoms with Crippen molar-refractivity contribution in [2.45, 2.75) is 19.3 Å². The molecule has 4 nitrogen and oxygen atoms in total. The maximum absolute atomic E-state index is 10.7. The number of likely N-dealkylation sites (N-methyl/N-ethyl adjacent to an activating group) is 1. The van der Waals surface area contributed by atoms with Crippen molar-refractivity contribution in [3.8, 4) is 0 Å². The number of carboxylic acids is 1. The van der Waals surface area contributed by atoms with Crippen molar-refractivity contribution in [2.75, 3.05) is 51.3 Å². The van der Waals surface area contributed by atoms with Crippen molar-refractivity contribution >= 4 is 17.7 Å². The number of piperazine rings is 1. The number of carbonyl (C=O) groups is 1. The second-order valence-corrected chi connectivity index (χ2v) is 6.87. The molecule has 104 valence electrons. The van der Waals surface area contributed by atoms with Gasteiger partial charge in [0.05, 0.1) is 6.42 Å². The molecule has 0 unspecified atom stereocenters. The van der Waals surface area contributed by atoms with Crippen LogP contribution < -0.4 is 0 Å². The molecule has 0 aromatic rings. The summed E-state index contributed by atoms with van der Waals surface area (Å²) >= 11 is 1.94. The Hall–Kier alpha value is -0.260. The van der Waals surface area contributed by atoms with Crippen LogP contribution in [0.5, 0.6) is 0 Å². The van der Waals surface area contributed by atoms with Crippen LogP contribution in [0.3, 0.4) is 0 Å². The smallest absolute Gasteiger partial charge is 0.303 e. The molecule has 0 amide bonds. The number of hydrogen-bond donors (Lipinski definition) is 1. The molecule has 2 rings (SSSR count). The van der Waals surface area contributed by atoms with Crippen LogP contribution in [-0.4, -0.2) is 72.2 Å². The Bertz CT molecular complexity index is 287. The number of carboxylic acid groups (broad SMARTS) is 1. The highest BCUT2D eigenvalue weighted by Crippen LogP contribution is 2.50. The van der Waals surface area contributed by atoms with Gasteiger partial charge in [-0.15, -0.1) is 0 Å². The lowest BCUT2D eigenvalue weighted by Gasteiger charge is -2.32. The summed E-state index contributed by atoms with van der Waals surface area (Å²) in [6.45, 7) is 5.86. The minimum Gasteiger partial charge on any atom is -0.481 e. The third-order valence-electron chi connectivity index (χ3n) is 4.04. The summed E-state index contributed by atoms with van der Waals surface area (Å²) in [4.78, 5) is 15.6. The zero-order chi connectivity index (χ0) is 13.0. The fourth-order valence-corrected chi connectivity index (χ4v) is 3.78. The van der Waals surface area contributed by atoms with Crippen LogP contribution in [0.15, 0.2) is 0 Å². The van der Waals surface area contributed by atoms with Gasteiger partial charge in [0.15, 0.2) is 0 Å². The van der Waals surface area contributed by atoms with Gasteiger partial charge in [-0.05, 0) is 31.1 Å². The average molecular weight is 272 g/mol. The molecular weight excluding hydrogens is 248 g/mol. The Balaban J connectivity index is 1.55. The molecule has 2 fully saturated rings. The van der Waals surface area contributed by atoms with Gasteiger partial charge in [0.1, 0.15) is 0 Å². The summed E-state index contributed by atoms with van der Waals surface area (Å²) in [5, 5.41) is 8.85. The van der Waals surface area contributed by atoms with Crippen LogP contribution in [0, 0.1) is 5.41 Å². The minimum absolute atomic E-state index is 0.151. The molecule has 5 heteroatoms. The molecule has 1 aliphatic carbocycles. The Morgan fingerprint density at radius 3 is 2.50 bits per heavy atom. The van der Waals surface area contributed by atoms with Crippen LogP contribution in [0.4, 0.5) is 0 Å². The van der Waals surface area contributed by atoms with E-state index < -0.39 is 5.97 Å². The van der Waals surface area contributed by atoms with Crippen LogP contribution >= 0.6 is 11.8 Å². The van der Waals surface area contributed by atoms with Gasteiger partial charge in [0.2, 0.25) is 0 Å². The van der Waals surface area contributed by atoms with E-state index in [0.29, 0.717) is 6.42 Å². The maximum atomic E-state index is 10.7. The highest BCUT2D eigenvalue weighted by Gasteiger charge is 2.43. The number of hydrogen-bond acceptors (Lipinski definition) is 4. The van der Waals surface area contributed by atoms with E-state index in [1.165, 1.54) is 26.2 Å². The van der Waals surface area contributed by atoms with Gasteiger partial charge in [0.25, 0.3) is 0 Å². The summed E-state index contributed by atoms with van der Waals surface area (Å²) in [5.74, 6) is 1.55. The zero-order valence-electron chi connectivity index (χ0n) is 11.2. The van der Waals surface area contributed by atoms with Gasteiger partial charge < -0.3 is 10.0 Å². The Labute approximate surface area is 114 Å². The molecule has 0 aromatic carbocycles. The Morgan fingerprint density at radius 1 is 1.28 bits per heavy atom. The first-order valence-electron chi connectivity index (χ1n) is 6.80. The quantitative estimate of drug-likeness (QED) is 0.706. The van der Waals surface area contributed by atoms with Gasteiger partial charge in [-0.25, -0.2) is 0 Å². The lowest BCUT2D eigenvalue weighted by Crippen LogP contribution is -2.45. The van der Waals surface area contributed by atoms with Crippen LogP contribution in [0.25, 0.3) is 0 Å². The standard InChI is InChI=1S/C13H24N2O2S/c1-14-4-6-15(7-5-14)8-9-18-11-13(2-3-13)10-12(16)17/h2-11H2,1H3,(H,16,17). The lowest BCUT2D eigenvalue weighted by molar-refractivity contribution is -0.138. The zero-order valence-corrected chi connectivity index (χ0v) is 12.0. The molecular formula is C13H24N2O2S. The third-order valence-corrected chi connectivity index (χ3v) is 5.33. The van der Waals surface area contributed by atoms with Crippen LogP contribution in [0.2, 0.25) is 0 Å². The predicted molar refractivity (Wildman–Crippen MR) is 75.2 cm³/mol. The highest BCUT2D eigenvalue weighted by molar-refractivity contribution is 7.99. The van der Waals surface area contributed by atoms with Crippen LogP contribution in [0.1, 0.15) is 19.3 Å². The number of rotatable bonds is 7. The normalized spacial score (nSPS) is 24.1. The van der Waals surface area contributed by atoms with E-state index in [4.69, 9.17) is 5.11 Å². The summed E-state index contributed by atoms with van der Waals surface area (Å²) in [7, 11) is 2.18. The van der Waals surface area contributed by atoms with Crippen molar-refractivity contribution in [1.29, 1.82) is 0 Å². The first-order chi connectivity index (χ1) is 8.60. The Morgan fingerprint density at radius 2 is 1.94 bits per heavy atom. The number of thioether (sulfide) groups is 1. The van der Waals surface area contributed by atoms with Gasteiger partial charge >= 0.3 is 5.97 Å². The van der Waals surface area contributed by atoms with Gasteiger partial charge in [-0.1, -0.05) is 0 Å². The van der Waals surface area contributed by atoms with Gasteiger partial charge in [0, 0.05) is 38.5 Å². The summed E-state index contributed by atoms with van der Waals surface area (Å²) < 4.78 is 0. The molecule has 1 aliphatic heterocycles. The molecule has 1 saturated heterocycles. The van der Waals surface area contributed by atoms with Crippen molar-refractivity contribution in [3.63, 3.8) is 0 Å². The molecule has 1 saturated carbocycles. The molecule has 0 radical (unpaired) electrons. The van der Waals surface area contributed by atoms with Gasteiger partial charge in [-0.2, -0.15) is 11.8 Å². The highest BCUT2D eigenvalue weighted by atomic mass is 32.2. The number of aliphatic carboxylic acids is 1. The molecule has 2 aliphatic rings. The third kappa shape index (κ3) is 4.44. The SMILES string of the molecule is CN1CCN(CCSCC2(CC(=O)O)CC2)CC1. The second-order valence-electron chi connectivity index (χ2n) is 5.77. The molecule has 0 bridgehead atoms. The maximum Gasteiger partial charge on any atom is 0.303 e. The van der Waals surface area contributed by atoms with E-state index >= 15 is 0 Å². The van der Waals surface area contributed by atoms with Crippen molar-refractivity contribution in [1.82, 2.24) is 9.80 Å². The first kappa shape index (κ1) is 14.2. The summed E-state index contributed by atoms with van der Waals surface area (Å²) in [6, 6.07) is 0. The molecule has 0 spiro atoms. The number of nitrogens with zero attached hydrogens (tertiary/aromatic N) is 2. The first-order valence-corrected chi connectivity index (χ1v) is 7.96. The van der Waals surface area contributed by atoms with Crippen molar-refractivity contribution in [2.24, 2.45) is 5.41 Å². The summed E-state index contributed by atoms with van der Waals surface area (Å²) in [6.07, 6.45) is 2.59. The predicted octanol–water partition coefficient (Wildman–Crippen LogP) is 1.22. The Kier molecular flexibility index (Phi) is 4.92. The van der Waals surface area contributed by atoms with E-state index in [9.17, 15) is 4.79 Å². The van der Waals surface area contributed by atoms with E-state index in [0.717, 1.165) is 30.9 Å². The van der Waals surface area contributed by atoms with Crippen molar-refractivity contribution in [3.05, 3.63) is 0 Å². The topological polar surface area (TPSA) is 43.8 Å².